The zero-order valence-electron chi connectivity index (χ0n) is 11.1. The molecule has 0 fully saturated rings. The summed E-state index contributed by atoms with van der Waals surface area (Å²) in [7, 11) is 0. The standard InChI is InChI=1S/C15H17NO3/c1-3-18-13-7-6-12(9-11(13)2)10-16-15(17)14-5-4-8-19-14/h4-9H,3,10H2,1-2H3,(H,16,17). The Bertz CT molecular complexity index is 547. The highest BCUT2D eigenvalue weighted by Gasteiger charge is 2.08. The van der Waals surface area contributed by atoms with E-state index in [0.717, 1.165) is 16.9 Å². The highest BCUT2D eigenvalue weighted by atomic mass is 16.5. The number of rotatable bonds is 5. The largest absolute Gasteiger partial charge is 0.494 e. The van der Waals surface area contributed by atoms with Gasteiger partial charge in [0, 0.05) is 6.54 Å². The van der Waals surface area contributed by atoms with Crippen LogP contribution in [0.2, 0.25) is 0 Å². The molecule has 0 aliphatic heterocycles. The van der Waals surface area contributed by atoms with E-state index in [2.05, 4.69) is 5.32 Å². The molecule has 1 amide bonds. The smallest absolute Gasteiger partial charge is 0.287 e. The van der Waals surface area contributed by atoms with Crippen molar-refractivity contribution in [3.05, 3.63) is 53.5 Å². The first-order chi connectivity index (χ1) is 9.20. The van der Waals surface area contributed by atoms with Crippen LogP contribution in [-0.4, -0.2) is 12.5 Å². The number of hydrogen-bond donors (Lipinski definition) is 1. The van der Waals surface area contributed by atoms with Crippen LogP contribution in [0.5, 0.6) is 5.75 Å². The molecule has 0 radical (unpaired) electrons. The fourth-order valence-corrected chi connectivity index (χ4v) is 1.82. The normalized spacial score (nSPS) is 10.2. The molecule has 4 nitrogen and oxygen atoms in total. The van der Waals surface area contributed by atoms with Crippen LogP contribution in [-0.2, 0) is 6.54 Å². The van der Waals surface area contributed by atoms with Gasteiger partial charge in [0.1, 0.15) is 5.75 Å². The summed E-state index contributed by atoms with van der Waals surface area (Å²) < 4.78 is 10.5. The van der Waals surface area contributed by atoms with E-state index in [9.17, 15) is 4.79 Å². The van der Waals surface area contributed by atoms with E-state index in [1.807, 2.05) is 32.0 Å². The van der Waals surface area contributed by atoms with Gasteiger partial charge in [0.25, 0.3) is 5.91 Å². The number of ether oxygens (including phenoxy) is 1. The summed E-state index contributed by atoms with van der Waals surface area (Å²) >= 11 is 0. The molecule has 1 aromatic carbocycles. The number of nitrogens with one attached hydrogen (secondary N) is 1. The molecule has 0 unspecified atom stereocenters. The Morgan fingerprint density at radius 3 is 2.84 bits per heavy atom. The summed E-state index contributed by atoms with van der Waals surface area (Å²) in [4.78, 5) is 11.7. The minimum absolute atomic E-state index is 0.212. The Kier molecular flexibility index (Phi) is 4.23. The molecule has 2 rings (SSSR count). The van der Waals surface area contributed by atoms with Crippen LogP contribution in [0.3, 0.4) is 0 Å². The van der Waals surface area contributed by atoms with E-state index in [-0.39, 0.29) is 5.91 Å². The Labute approximate surface area is 112 Å². The zero-order chi connectivity index (χ0) is 13.7. The monoisotopic (exact) mass is 259 g/mol. The lowest BCUT2D eigenvalue weighted by atomic mass is 10.1. The van der Waals surface area contributed by atoms with Gasteiger partial charge in [-0.05, 0) is 43.2 Å². The molecule has 0 aliphatic carbocycles. The van der Waals surface area contributed by atoms with E-state index in [1.165, 1.54) is 6.26 Å². The first kappa shape index (κ1) is 13.2. The molecule has 1 N–H and O–H groups in total. The number of benzene rings is 1. The second-order valence-corrected chi connectivity index (χ2v) is 4.19. The average Bonchev–Trinajstić information content (AvgIpc) is 2.93. The van der Waals surface area contributed by atoms with Crippen molar-refractivity contribution in [3.63, 3.8) is 0 Å². The summed E-state index contributed by atoms with van der Waals surface area (Å²) in [5.41, 5.74) is 2.09. The maximum Gasteiger partial charge on any atom is 0.287 e. The predicted molar refractivity (Wildman–Crippen MR) is 72.2 cm³/mol. The molecule has 0 saturated heterocycles. The van der Waals surface area contributed by atoms with Crippen molar-refractivity contribution in [2.24, 2.45) is 0 Å². The van der Waals surface area contributed by atoms with Crippen molar-refractivity contribution in [3.8, 4) is 5.75 Å². The van der Waals surface area contributed by atoms with Crippen LogP contribution in [0.1, 0.15) is 28.6 Å². The number of aryl methyl sites for hydroxylation is 1. The first-order valence-corrected chi connectivity index (χ1v) is 6.24. The molecule has 0 atom stereocenters. The Morgan fingerprint density at radius 1 is 1.37 bits per heavy atom. The molecule has 2 aromatic rings. The van der Waals surface area contributed by atoms with Crippen LogP contribution in [0.25, 0.3) is 0 Å². The molecule has 1 heterocycles. The van der Waals surface area contributed by atoms with Crippen LogP contribution in [0, 0.1) is 6.92 Å². The van der Waals surface area contributed by atoms with Gasteiger partial charge in [-0.25, -0.2) is 0 Å². The van der Waals surface area contributed by atoms with Crippen molar-refractivity contribution >= 4 is 5.91 Å². The molecule has 0 spiro atoms. The van der Waals surface area contributed by atoms with Gasteiger partial charge in [0.05, 0.1) is 12.9 Å². The quantitative estimate of drug-likeness (QED) is 0.898. The van der Waals surface area contributed by atoms with E-state index < -0.39 is 0 Å². The summed E-state index contributed by atoms with van der Waals surface area (Å²) in [6, 6.07) is 9.20. The van der Waals surface area contributed by atoms with Gasteiger partial charge in [-0.2, -0.15) is 0 Å². The van der Waals surface area contributed by atoms with Crippen molar-refractivity contribution in [2.75, 3.05) is 6.61 Å². The van der Waals surface area contributed by atoms with Gasteiger partial charge in [-0.1, -0.05) is 12.1 Å². The van der Waals surface area contributed by atoms with Crippen molar-refractivity contribution in [2.45, 2.75) is 20.4 Å². The third-order valence-electron chi connectivity index (χ3n) is 2.74. The Morgan fingerprint density at radius 2 is 2.21 bits per heavy atom. The lowest BCUT2D eigenvalue weighted by Crippen LogP contribution is -2.22. The average molecular weight is 259 g/mol. The SMILES string of the molecule is CCOc1ccc(CNC(=O)c2ccco2)cc1C. The number of carbonyl (C=O) groups excluding carboxylic acids is 1. The second-order valence-electron chi connectivity index (χ2n) is 4.19. The highest BCUT2D eigenvalue weighted by Crippen LogP contribution is 2.19. The maximum atomic E-state index is 11.7. The van der Waals surface area contributed by atoms with Crippen molar-refractivity contribution in [1.29, 1.82) is 0 Å². The van der Waals surface area contributed by atoms with Gasteiger partial charge in [-0.15, -0.1) is 0 Å². The first-order valence-electron chi connectivity index (χ1n) is 6.24. The summed E-state index contributed by atoms with van der Waals surface area (Å²) in [6.07, 6.45) is 1.48. The lowest BCUT2D eigenvalue weighted by molar-refractivity contribution is 0.0923. The topological polar surface area (TPSA) is 51.5 Å². The van der Waals surface area contributed by atoms with Gasteiger partial charge >= 0.3 is 0 Å². The maximum absolute atomic E-state index is 11.7. The third-order valence-corrected chi connectivity index (χ3v) is 2.74. The fraction of sp³-hybridized carbons (Fsp3) is 0.267. The van der Waals surface area contributed by atoms with Gasteiger partial charge in [0.15, 0.2) is 5.76 Å². The summed E-state index contributed by atoms with van der Waals surface area (Å²) in [5, 5.41) is 2.81. The number of furan rings is 1. The Balaban J connectivity index is 1.96. The van der Waals surface area contributed by atoms with E-state index in [1.54, 1.807) is 12.1 Å². The van der Waals surface area contributed by atoms with Gasteiger partial charge in [-0.3, -0.25) is 4.79 Å². The molecule has 4 heteroatoms. The van der Waals surface area contributed by atoms with Crippen molar-refractivity contribution < 1.29 is 13.9 Å². The molecular formula is C15H17NO3. The van der Waals surface area contributed by atoms with Crippen LogP contribution in [0.4, 0.5) is 0 Å². The molecule has 0 aliphatic rings. The fourth-order valence-electron chi connectivity index (χ4n) is 1.82. The molecule has 19 heavy (non-hydrogen) atoms. The summed E-state index contributed by atoms with van der Waals surface area (Å²) in [6.45, 7) is 5.06. The molecule has 100 valence electrons. The number of carbonyl (C=O) groups is 1. The zero-order valence-corrected chi connectivity index (χ0v) is 11.1. The number of amides is 1. The highest BCUT2D eigenvalue weighted by molar-refractivity contribution is 5.91. The lowest BCUT2D eigenvalue weighted by Gasteiger charge is -2.09. The third kappa shape index (κ3) is 3.37. The summed E-state index contributed by atoms with van der Waals surface area (Å²) in [5.74, 6) is 0.989. The number of hydrogen-bond acceptors (Lipinski definition) is 3. The van der Waals surface area contributed by atoms with E-state index >= 15 is 0 Å². The van der Waals surface area contributed by atoms with Crippen molar-refractivity contribution in [1.82, 2.24) is 5.32 Å². The minimum atomic E-state index is -0.212. The van der Waals surface area contributed by atoms with Crippen LogP contribution in [0.15, 0.2) is 41.0 Å². The van der Waals surface area contributed by atoms with Crippen LogP contribution >= 0.6 is 0 Å². The van der Waals surface area contributed by atoms with E-state index in [4.69, 9.17) is 9.15 Å². The molecule has 0 bridgehead atoms. The molecule has 0 saturated carbocycles. The molecule has 1 aromatic heterocycles. The Hall–Kier alpha value is -2.23. The predicted octanol–water partition coefficient (Wildman–Crippen LogP) is 2.92. The molecular weight excluding hydrogens is 242 g/mol. The van der Waals surface area contributed by atoms with Crippen LogP contribution < -0.4 is 10.1 Å². The minimum Gasteiger partial charge on any atom is -0.494 e. The van der Waals surface area contributed by atoms with Gasteiger partial charge in [0.2, 0.25) is 0 Å². The van der Waals surface area contributed by atoms with E-state index in [0.29, 0.717) is 18.9 Å². The van der Waals surface area contributed by atoms with Gasteiger partial charge < -0.3 is 14.5 Å². The second kappa shape index (κ2) is 6.09.